The van der Waals surface area contributed by atoms with Crippen LogP contribution in [0.15, 0.2) is 11.5 Å². The number of hydrogen-bond donors (Lipinski definition) is 0. The van der Waals surface area contributed by atoms with Crippen LogP contribution in [0.25, 0.3) is 0 Å². The quantitative estimate of drug-likeness (QED) is 0.632. The Morgan fingerprint density at radius 3 is 2.19 bits per heavy atom. The minimum absolute atomic E-state index is 0.0831. The van der Waals surface area contributed by atoms with Crippen LogP contribution >= 0.6 is 0 Å². The molecule has 1 heterocycles. The molecule has 0 N–H and O–H groups in total. The van der Waals surface area contributed by atoms with Gasteiger partial charge in [-0.1, -0.05) is 6.08 Å². The van der Waals surface area contributed by atoms with Crippen LogP contribution in [0.4, 0.5) is 0 Å². The van der Waals surface area contributed by atoms with Crippen molar-refractivity contribution in [2.45, 2.75) is 58.2 Å². The lowest BCUT2D eigenvalue weighted by atomic mass is 9.71. The van der Waals surface area contributed by atoms with Crippen molar-refractivity contribution >= 4 is 7.12 Å². The summed E-state index contributed by atoms with van der Waals surface area (Å²) in [5, 5.41) is 0. The zero-order valence-corrected chi connectivity index (χ0v) is 10.7. The van der Waals surface area contributed by atoms with E-state index in [2.05, 4.69) is 33.8 Å². The molecule has 88 valence electrons. The van der Waals surface area contributed by atoms with Gasteiger partial charge in [-0.05, 0) is 64.3 Å². The van der Waals surface area contributed by atoms with Gasteiger partial charge >= 0.3 is 7.12 Å². The Labute approximate surface area is 98.5 Å². The van der Waals surface area contributed by atoms with E-state index in [-0.39, 0.29) is 18.3 Å². The molecule has 1 aliphatic heterocycles. The number of fused-ring (bicyclic) bond motifs is 2. The van der Waals surface area contributed by atoms with E-state index >= 15 is 0 Å². The van der Waals surface area contributed by atoms with Crippen molar-refractivity contribution in [1.29, 1.82) is 0 Å². The van der Waals surface area contributed by atoms with Gasteiger partial charge in [-0.3, -0.25) is 0 Å². The molecule has 1 saturated heterocycles. The van der Waals surface area contributed by atoms with Crippen LogP contribution in [0.1, 0.15) is 47.0 Å². The topological polar surface area (TPSA) is 18.5 Å². The summed E-state index contributed by atoms with van der Waals surface area (Å²) in [5.74, 6) is 1.54. The summed E-state index contributed by atoms with van der Waals surface area (Å²) in [6.45, 7) is 8.50. The van der Waals surface area contributed by atoms with Gasteiger partial charge in [-0.15, -0.1) is 0 Å². The third-order valence-electron chi connectivity index (χ3n) is 4.90. The number of rotatable bonds is 1. The minimum Gasteiger partial charge on any atom is -0.400 e. The summed E-state index contributed by atoms with van der Waals surface area (Å²) in [7, 11) is -0.0831. The fraction of sp³-hybridized carbons (Fsp3) is 0.846. The van der Waals surface area contributed by atoms with Crippen molar-refractivity contribution in [3.63, 3.8) is 0 Å². The van der Waals surface area contributed by atoms with Gasteiger partial charge in [0.05, 0.1) is 11.2 Å². The Hall–Kier alpha value is -0.275. The van der Waals surface area contributed by atoms with Crippen LogP contribution in [0.2, 0.25) is 0 Å². The maximum absolute atomic E-state index is 6.11. The minimum atomic E-state index is -0.194. The lowest BCUT2D eigenvalue weighted by molar-refractivity contribution is 0.00578. The van der Waals surface area contributed by atoms with Crippen molar-refractivity contribution in [2.24, 2.45) is 11.8 Å². The molecule has 0 aromatic heterocycles. The number of hydrogen-bond acceptors (Lipinski definition) is 2. The maximum atomic E-state index is 6.11. The normalized spacial score (nSPS) is 39.2. The zero-order valence-electron chi connectivity index (χ0n) is 10.7. The van der Waals surface area contributed by atoms with E-state index in [0.29, 0.717) is 0 Å². The van der Waals surface area contributed by atoms with Gasteiger partial charge in [0.15, 0.2) is 0 Å². The van der Waals surface area contributed by atoms with Crippen molar-refractivity contribution in [1.82, 2.24) is 0 Å². The predicted molar refractivity (Wildman–Crippen MR) is 65.0 cm³/mol. The van der Waals surface area contributed by atoms with Gasteiger partial charge in [0.1, 0.15) is 0 Å². The second-order valence-corrected chi connectivity index (χ2v) is 6.52. The highest BCUT2D eigenvalue weighted by molar-refractivity contribution is 6.55. The first-order valence-corrected chi connectivity index (χ1v) is 6.46. The van der Waals surface area contributed by atoms with E-state index in [1.807, 2.05) is 0 Å². The third kappa shape index (κ3) is 1.41. The monoisotopic (exact) mass is 220 g/mol. The Balaban J connectivity index is 1.82. The van der Waals surface area contributed by atoms with Gasteiger partial charge < -0.3 is 9.31 Å². The summed E-state index contributed by atoms with van der Waals surface area (Å²) in [6, 6.07) is 0. The zero-order chi connectivity index (χ0) is 11.6. The van der Waals surface area contributed by atoms with E-state index in [1.165, 1.54) is 24.7 Å². The molecular formula is C13H21BO2. The molecule has 0 spiro atoms. The average Bonchev–Trinajstić information content (AvgIpc) is 2.79. The second-order valence-electron chi connectivity index (χ2n) is 6.52. The Morgan fingerprint density at radius 1 is 1.12 bits per heavy atom. The molecular weight excluding hydrogens is 199 g/mol. The standard InChI is InChI=1S/C13H21BO2/c1-12(2)13(3,4)16-14(15-12)11-8-9-5-6-10(11)7-9/h8-10H,5-7H2,1-4H3/t9-,10+/m0/s1. The van der Waals surface area contributed by atoms with Crippen LogP contribution in [0.3, 0.4) is 0 Å². The lowest BCUT2D eigenvalue weighted by Gasteiger charge is -2.32. The molecule has 2 aliphatic carbocycles. The molecule has 1 saturated carbocycles. The van der Waals surface area contributed by atoms with Crippen molar-refractivity contribution in [3.05, 3.63) is 11.5 Å². The smallest absolute Gasteiger partial charge is 0.400 e. The second kappa shape index (κ2) is 3.14. The van der Waals surface area contributed by atoms with Crippen molar-refractivity contribution in [3.8, 4) is 0 Å². The van der Waals surface area contributed by atoms with Crippen LogP contribution in [0.5, 0.6) is 0 Å². The maximum Gasteiger partial charge on any atom is 0.490 e. The van der Waals surface area contributed by atoms with Crippen molar-refractivity contribution < 1.29 is 9.31 Å². The molecule has 0 unspecified atom stereocenters. The molecule has 3 heteroatoms. The summed E-state index contributed by atoms with van der Waals surface area (Å²) < 4.78 is 12.2. The molecule has 2 atom stereocenters. The fourth-order valence-corrected chi connectivity index (χ4v) is 3.13. The first kappa shape index (κ1) is 10.9. The van der Waals surface area contributed by atoms with Gasteiger partial charge in [0, 0.05) is 0 Å². The fourth-order valence-electron chi connectivity index (χ4n) is 3.13. The molecule has 2 fully saturated rings. The number of allylic oxidation sites excluding steroid dienone is 2. The third-order valence-corrected chi connectivity index (χ3v) is 4.90. The molecule has 0 aromatic rings. The van der Waals surface area contributed by atoms with E-state index in [4.69, 9.17) is 9.31 Å². The van der Waals surface area contributed by atoms with Crippen LogP contribution in [-0.2, 0) is 9.31 Å². The van der Waals surface area contributed by atoms with Gasteiger partial charge in [-0.2, -0.15) is 0 Å². The van der Waals surface area contributed by atoms with E-state index in [0.717, 1.165) is 11.8 Å². The molecule has 2 nitrogen and oxygen atoms in total. The summed E-state index contributed by atoms with van der Waals surface area (Å²) >= 11 is 0. The molecule has 2 bridgehead atoms. The summed E-state index contributed by atoms with van der Waals surface area (Å²) in [4.78, 5) is 0. The Kier molecular flexibility index (Phi) is 2.13. The van der Waals surface area contributed by atoms with Crippen LogP contribution < -0.4 is 0 Å². The van der Waals surface area contributed by atoms with Gasteiger partial charge in [0.25, 0.3) is 0 Å². The van der Waals surface area contributed by atoms with Crippen molar-refractivity contribution in [2.75, 3.05) is 0 Å². The van der Waals surface area contributed by atoms with Crippen LogP contribution in [-0.4, -0.2) is 18.3 Å². The molecule has 0 radical (unpaired) electrons. The molecule has 3 rings (SSSR count). The van der Waals surface area contributed by atoms with E-state index in [9.17, 15) is 0 Å². The first-order valence-electron chi connectivity index (χ1n) is 6.46. The molecule has 3 aliphatic rings. The molecule has 0 aromatic carbocycles. The van der Waals surface area contributed by atoms with E-state index in [1.54, 1.807) is 0 Å². The largest absolute Gasteiger partial charge is 0.490 e. The summed E-state index contributed by atoms with van der Waals surface area (Å²) in [6.07, 6.45) is 6.45. The van der Waals surface area contributed by atoms with Gasteiger partial charge in [0.2, 0.25) is 0 Å². The average molecular weight is 220 g/mol. The summed E-state index contributed by atoms with van der Waals surface area (Å²) in [5.41, 5.74) is 1.04. The Morgan fingerprint density at radius 2 is 1.75 bits per heavy atom. The van der Waals surface area contributed by atoms with Gasteiger partial charge in [-0.25, -0.2) is 0 Å². The lowest BCUT2D eigenvalue weighted by Crippen LogP contribution is -2.41. The SMILES string of the molecule is CC1(C)OB(C2=C[C@H]3CC[C@@H]2C3)OC1(C)C. The highest BCUT2D eigenvalue weighted by atomic mass is 16.7. The predicted octanol–water partition coefficient (Wildman–Crippen LogP) is 2.97. The highest BCUT2D eigenvalue weighted by Gasteiger charge is 2.54. The Bertz CT molecular complexity index is 330. The highest BCUT2D eigenvalue weighted by Crippen LogP contribution is 2.48. The molecule has 0 amide bonds. The van der Waals surface area contributed by atoms with Crippen LogP contribution in [0, 0.1) is 11.8 Å². The molecule has 16 heavy (non-hydrogen) atoms. The van der Waals surface area contributed by atoms with E-state index < -0.39 is 0 Å². The first-order chi connectivity index (χ1) is 7.39.